The fourth-order valence-corrected chi connectivity index (χ4v) is 2.90. The molecule has 0 unspecified atom stereocenters. The van der Waals surface area contributed by atoms with E-state index in [1.807, 2.05) is 54.6 Å². The second kappa shape index (κ2) is 9.55. The monoisotopic (exact) mass is 390 g/mol. The van der Waals surface area contributed by atoms with E-state index >= 15 is 0 Å². The number of ether oxygens (including phenoxy) is 3. The topological polar surface area (TPSA) is 61.8 Å². The molecule has 0 saturated carbocycles. The molecule has 0 bridgehead atoms. The zero-order chi connectivity index (χ0) is 20.6. The Morgan fingerprint density at radius 2 is 1.41 bits per heavy atom. The lowest BCUT2D eigenvalue weighted by Gasteiger charge is -2.09. The predicted octanol–water partition coefficient (Wildman–Crippen LogP) is 4.34. The van der Waals surface area contributed by atoms with Crippen molar-refractivity contribution in [2.24, 2.45) is 0 Å². The molecule has 0 aliphatic rings. The fraction of sp³-hybridized carbons (Fsp3) is 0.167. The molecule has 0 aliphatic heterocycles. The van der Waals surface area contributed by atoms with Gasteiger partial charge in [0.25, 0.3) is 0 Å². The van der Waals surface area contributed by atoms with Crippen molar-refractivity contribution in [3.05, 3.63) is 83.9 Å². The molecule has 148 valence electrons. The van der Waals surface area contributed by atoms with E-state index in [2.05, 4.69) is 0 Å². The van der Waals surface area contributed by atoms with Gasteiger partial charge in [-0.05, 0) is 34.9 Å². The van der Waals surface area contributed by atoms with E-state index in [9.17, 15) is 9.59 Å². The molecule has 0 spiro atoms. The molecule has 3 aromatic carbocycles. The van der Waals surface area contributed by atoms with E-state index in [1.165, 1.54) is 14.2 Å². The highest BCUT2D eigenvalue weighted by atomic mass is 16.5. The van der Waals surface area contributed by atoms with Crippen LogP contribution < -0.4 is 9.47 Å². The smallest absolute Gasteiger partial charge is 0.310 e. The van der Waals surface area contributed by atoms with E-state index in [0.717, 1.165) is 16.7 Å². The Bertz CT molecular complexity index is 978. The van der Waals surface area contributed by atoms with Gasteiger partial charge in [0.15, 0.2) is 23.9 Å². The van der Waals surface area contributed by atoms with Crippen LogP contribution in [0.3, 0.4) is 0 Å². The minimum absolute atomic E-state index is 0.105. The number of carbonyl (C=O) groups is 2. The fourth-order valence-electron chi connectivity index (χ4n) is 2.90. The molecule has 0 N–H and O–H groups in total. The number of carbonyl (C=O) groups excluding carboxylic acids is 2. The maximum absolute atomic E-state index is 12.3. The van der Waals surface area contributed by atoms with E-state index in [4.69, 9.17) is 14.2 Å². The van der Waals surface area contributed by atoms with Crippen molar-refractivity contribution in [2.45, 2.75) is 6.42 Å². The number of benzene rings is 3. The summed E-state index contributed by atoms with van der Waals surface area (Å²) in [6, 6.07) is 22.5. The first kappa shape index (κ1) is 20.1. The Hall–Kier alpha value is -3.60. The van der Waals surface area contributed by atoms with Gasteiger partial charge in [0.05, 0.1) is 20.6 Å². The van der Waals surface area contributed by atoms with E-state index in [-0.39, 0.29) is 18.8 Å². The van der Waals surface area contributed by atoms with Crippen LogP contribution in [0.2, 0.25) is 0 Å². The maximum Gasteiger partial charge on any atom is 0.310 e. The molecule has 0 heterocycles. The zero-order valence-electron chi connectivity index (χ0n) is 16.4. The molecular formula is C24H22O5. The van der Waals surface area contributed by atoms with Crippen LogP contribution in [-0.2, 0) is 16.0 Å². The van der Waals surface area contributed by atoms with Crippen LogP contribution in [-0.4, -0.2) is 32.6 Å². The molecule has 5 heteroatoms. The highest BCUT2D eigenvalue weighted by molar-refractivity contribution is 5.98. The number of Topliss-reactive ketones (excluding diaryl/α,β-unsaturated/α-hetero) is 1. The van der Waals surface area contributed by atoms with Crippen LogP contribution in [0.25, 0.3) is 11.1 Å². The predicted molar refractivity (Wildman–Crippen MR) is 110 cm³/mol. The molecule has 3 rings (SSSR count). The van der Waals surface area contributed by atoms with Gasteiger partial charge in [-0.2, -0.15) is 0 Å². The third-order valence-electron chi connectivity index (χ3n) is 4.48. The number of methoxy groups -OCH3 is 2. The lowest BCUT2D eigenvalue weighted by atomic mass is 10.0. The second-order valence-corrected chi connectivity index (χ2v) is 6.39. The van der Waals surface area contributed by atoms with Crippen LogP contribution in [0, 0.1) is 0 Å². The molecule has 5 nitrogen and oxygen atoms in total. The van der Waals surface area contributed by atoms with Crippen LogP contribution >= 0.6 is 0 Å². The molecule has 0 atom stereocenters. The van der Waals surface area contributed by atoms with Crippen molar-refractivity contribution >= 4 is 11.8 Å². The van der Waals surface area contributed by atoms with E-state index < -0.39 is 5.97 Å². The first-order chi connectivity index (χ1) is 14.1. The number of rotatable bonds is 8. The van der Waals surface area contributed by atoms with Crippen molar-refractivity contribution in [1.29, 1.82) is 0 Å². The largest absolute Gasteiger partial charge is 0.493 e. The average Bonchev–Trinajstić information content (AvgIpc) is 2.78. The van der Waals surface area contributed by atoms with Crippen molar-refractivity contribution in [2.75, 3.05) is 20.8 Å². The second-order valence-electron chi connectivity index (χ2n) is 6.39. The van der Waals surface area contributed by atoms with Gasteiger partial charge in [-0.15, -0.1) is 0 Å². The summed E-state index contributed by atoms with van der Waals surface area (Å²) in [4.78, 5) is 24.4. The summed E-state index contributed by atoms with van der Waals surface area (Å²) in [5, 5.41) is 0. The Morgan fingerprint density at radius 1 is 0.759 bits per heavy atom. The van der Waals surface area contributed by atoms with Crippen molar-refractivity contribution in [1.82, 2.24) is 0 Å². The minimum Gasteiger partial charge on any atom is -0.493 e. The zero-order valence-corrected chi connectivity index (χ0v) is 16.4. The van der Waals surface area contributed by atoms with E-state index in [1.54, 1.807) is 18.2 Å². The minimum atomic E-state index is -0.453. The van der Waals surface area contributed by atoms with Gasteiger partial charge in [0.2, 0.25) is 0 Å². The van der Waals surface area contributed by atoms with Gasteiger partial charge in [-0.25, -0.2) is 0 Å². The summed E-state index contributed by atoms with van der Waals surface area (Å²) in [5.74, 6) is 0.216. The van der Waals surface area contributed by atoms with Gasteiger partial charge in [-0.1, -0.05) is 54.6 Å². The SMILES string of the molecule is COc1ccc(C(=O)COC(=O)Cc2ccc(-c3ccccc3)cc2)cc1OC. The quantitative estimate of drug-likeness (QED) is 0.423. The van der Waals surface area contributed by atoms with Gasteiger partial charge in [0.1, 0.15) is 0 Å². The van der Waals surface area contributed by atoms with Gasteiger partial charge in [-0.3, -0.25) is 9.59 Å². The summed E-state index contributed by atoms with van der Waals surface area (Å²) in [7, 11) is 3.02. The van der Waals surface area contributed by atoms with Gasteiger partial charge >= 0.3 is 5.97 Å². The first-order valence-corrected chi connectivity index (χ1v) is 9.16. The number of hydrogen-bond acceptors (Lipinski definition) is 5. The molecule has 0 aromatic heterocycles. The molecule has 0 aliphatic carbocycles. The molecule has 0 radical (unpaired) electrons. The van der Waals surface area contributed by atoms with Gasteiger partial charge < -0.3 is 14.2 Å². The molecule has 29 heavy (non-hydrogen) atoms. The summed E-state index contributed by atoms with van der Waals surface area (Å²) in [5.41, 5.74) is 3.41. The molecular weight excluding hydrogens is 368 g/mol. The Kier molecular flexibility index (Phi) is 6.63. The van der Waals surface area contributed by atoms with Gasteiger partial charge in [0, 0.05) is 5.56 Å². The Balaban J connectivity index is 1.55. The summed E-state index contributed by atoms with van der Waals surface area (Å²) in [6.45, 7) is -0.323. The van der Waals surface area contributed by atoms with Crippen molar-refractivity contribution in [3.8, 4) is 22.6 Å². The number of hydrogen-bond donors (Lipinski definition) is 0. The first-order valence-electron chi connectivity index (χ1n) is 9.16. The lowest BCUT2D eigenvalue weighted by molar-refractivity contribution is -0.141. The highest BCUT2D eigenvalue weighted by Crippen LogP contribution is 2.27. The van der Waals surface area contributed by atoms with Crippen molar-refractivity contribution < 1.29 is 23.8 Å². The number of esters is 1. The lowest BCUT2D eigenvalue weighted by Crippen LogP contribution is -2.15. The van der Waals surface area contributed by atoms with Crippen LogP contribution in [0.5, 0.6) is 11.5 Å². The highest BCUT2D eigenvalue weighted by Gasteiger charge is 2.13. The number of ketones is 1. The average molecular weight is 390 g/mol. The molecule has 0 saturated heterocycles. The third kappa shape index (κ3) is 5.23. The molecule has 3 aromatic rings. The molecule has 0 fully saturated rings. The molecule has 0 amide bonds. The van der Waals surface area contributed by atoms with Crippen LogP contribution in [0.4, 0.5) is 0 Å². The summed E-state index contributed by atoms with van der Waals surface area (Å²) in [6.07, 6.45) is 0.105. The van der Waals surface area contributed by atoms with Crippen molar-refractivity contribution in [3.63, 3.8) is 0 Å². The maximum atomic E-state index is 12.3. The van der Waals surface area contributed by atoms with E-state index in [0.29, 0.717) is 17.1 Å². The normalized spacial score (nSPS) is 10.3. The standard InChI is InChI=1S/C24H22O5/c1-27-22-13-12-20(15-23(22)28-2)21(25)16-29-24(26)14-17-8-10-19(11-9-17)18-6-4-3-5-7-18/h3-13,15H,14,16H2,1-2H3. The third-order valence-corrected chi connectivity index (χ3v) is 4.48. The van der Waals surface area contributed by atoms with Crippen LogP contribution in [0.15, 0.2) is 72.8 Å². The Labute approximate surface area is 169 Å². The summed E-state index contributed by atoms with van der Waals surface area (Å²) >= 11 is 0. The Morgan fingerprint density at radius 3 is 2.07 bits per heavy atom. The van der Waals surface area contributed by atoms with Crippen LogP contribution in [0.1, 0.15) is 15.9 Å². The summed E-state index contributed by atoms with van der Waals surface area (Å²) < 4.78 is 15.5.